The largest absolute Gasteiger partial charge is 0.494 e. The quantitative estimate of drug-likeness (QED) is 0.0515. The third-order valence-corrected chi connectivity index (χ3v) is 8.46. The van der Waals surface area contributed by atoms with Gasteiger partial charge in [-0.15, -0.1) is 6.58 Å². The molecule has 0 N–H and O–H groups in total. The van der Waals surface area contributed by atoms with Crippen LogP contribution in [0, 0.1) is 5.92 Å². The number of carbonyl (C=O) groups is 1. The van der Waals surface area contributed by atoms with E-state index >= 15 is 0 Å². The molecule has 0 bridgehead atoms. The normalized spacial score (nSPS) is 16.5. The van der Waals surface area contributed by atoms with Gasteiger partial charge in [-0.1, -0.05) is 115 Å². The summed E-state index contributed by atoms with van der Waals surface area (Å²) in [6.07, 6.45) is 24.7. The van der Waals surface area contributed by atoms with Gasteiger partial charge in [-0.05, 0) is 62.1 Å². The van der Waals surface area contributed by atoms with Gasteiger partial charge in [0.05, 0.1) is 25.4 Å². The lowest BCUT2D eigenvalue weighted by atomic mass is 10.0. The van der Waals surface area contributed by atoms with E-state index in [-0.39, 0.29) is 12.3 Å². The van der Waals surface area contributed by atoms with E-state index in [2.05, 4.69) is 13.5 Å². The van der Waals surface area contributed by atoms with E-state index in [4.69, 9.17) is 18.9 Å². The summed E-state index contributed by atoms with van der Waals surface area (Å²) in [6.45, 7) is 8.20. The molecule has 1 saturated heterocycles. The van der Waals surface area contributed by atoms with Crippen LogP contribution in [-0.4, -0.2) is 25.8 Å². The number of carbonyl (C=O) groups excluding carboxylic acids is 1. The number of unbranched alkanes of at least 4 members (excludes halogenated alkanes) is 15. The Morgan fingerprint density at radius 2 is 1.27 bits per heavy atom. The van der Waals surface area contributed by atoms with Gasteiger partial charge in [0.2, 0.25) is 0 Å². The highest BCUT2D eigenvalue weighted by Crippen LogP contribution is 2.29. The van der Waals surface area contributed by atoms with Crippen LogP contribution in [0.15, 0.2) is 61.2 Å². The van der Waals surface area contributed by atoms with Gasteiger partial charge in [-0.2, -0.15) is 0 Å². The zero-order valence-electron chi connectivity index (χ0n) is 27.4. The van der Waals surface area contributed by atoms with Gasteiger partial charge >= 0.3 is 5.97 Å². The van der Waals surface area contributed by atoms with Crippen molar-refractivity contribution in [3.63, 3.8) is 0 Å². The number of hydrogen-bond acceptors (Lipinski definition) is 5. The van der Waals surface area contributed by atoms with E-state index < -0.39 is 0 Å². The molecule has 0 spiro atoms. The van der Waals surface area contributed by atoms with E-state index in [9.17, 15) is 4.79 Å². The zero-order chi connectivity index (χ0) is 31.1. The third kappa shape index (κ3) is 14.9. The second kappa shape index (κ2) is 22.8. The summed E-state index contributed by atoms with van der Waals surface area (Å²) in [6, 6.07) is 14.6. The van der Waals surface area contributed by atoms with Gasteiger partial charge in [0.1, 0.15) is 11.5 Å². The van der Waals surface area contributed by atoms with Crippen molar-refractivity contribution in [3.05, 3.63) is 72.3 Å². The molecule has 0 amide bonds. The highest BCUT2D eigenvalue weighted by atomic mass is 16.7. The van der Waals surface area contributed by atoms with Crippen molar-refractivity contribution in [1.82, 2.24) is 0 Å². The fourth-order valence-corrected chi connectivity index (χ4v) is 5.66. The predicted octanol–water partition coefficient (Wildman–Crippen LogP) is 11.2. The summed E-state index contributed by atoms with van der Waals surface area (Å²) in [5.41, 5.74) is 1.44. The second-order valence-corrected chi connectivity index (χ2v) is 12.4. The molecule has 5 heteroatoms. The minimum absolute atomic E-state index is 0.362. The van der Waals surface area contributed by atoms with Crippen molar-refractivity contribution in [3.8, 4) is 11.5 Å². The van der Waals surface area contributed by atoms with Crippen molar-refractivity contribution in [2.24, 2.45) is 5.92 Å². The van der Waals surface area contributed by atoms with Gasteiger partial charge in [0.25, 0.3) is 0 Å². The van der Waals surface area contributed by atoms with Crippen LogP contribution in [0.3, 0.4) is 0 Å². The lowest BCUT2D eigenvalue weighted by Gasteiger charge is -2.29. The molecule has 1 heterocycles. The predicted molar refractivity (Wildman–Crippen MR) is 180 cm³/mol. The minimum Gasteiger partial charge on any atom is -0.494 e. The standard InChI is InChI=1S/C39H58O5/c1-3-5-7-9-11-13-14-16-18-20-30-41-36-26-22-34(23-27-36)38(40)44-37-28-24-35(25-29-37)39-42-31-33(32-43-39)21-19-17-15-12-10-8-6-4-2/h3,22-29,33,39H,1,4-21,30-32H2,2H3/t33-,39-. The first-order valence-electron chi connectivity index (χ1n) is 17.6. The Labute approximate surface area is 267 Å². The van der Waals surface area contributed by atoms with Gasteiger partial charge in [-0.3, -0.25) is 0 Å². The summed E-state index contributed by atoms with van der Waals surface area (Å²) in [4.78, 5) is 12.7. The summed E-state index contributed by atoms with van der Waals surface area (Å²) >= 11 is 0. The molecule has 1 fully saturated rings. The molecular formula is C39H58O5. The van der Waals surface area contributed by atoms with Crippen LogP contribution in [0.5, 0.6) is 11.5 Å². The van der Waals surface area contributed by atoms with E-state index in [1.54, 1.807) is 24.3 Å². The molecule has 0 radical (unpaired) electrons. The van der Waals surface area contributed by atoms with Crippen LogP contribution in [0.25, 0.3) is 0 Å². The number of hydrogen-bond donors (Lipinski definition) is 0. The fourth-order valence-electron chi connectivity index (χ4n) is 5.66. The Hall–Kier alpha value is -2.63. The van der Waals surface area contributed by atoms with Crippen LogP contribution in [-0.2, 0) is 9.47 Å². The van der Waals surface area contributed by atoms with Crippen LogP contribution >= 0.6 is 0 Å². The highest BCUT2D eigenvalue weighted by molar-refractivity contribution is 5.91. The van der Waals surface area contributed by atoms with Gasteiger partial charge in [0, 0.05) is 11.5 Å². The summed E-state index contributed by atoms with van der Waals surface area (Å²) in [7, 11) is 0. The molecule has 244 valence electrons. The van der Waals surface area contributed by atoms with Gasteiger partial charge in [0.15, 0.2) is 6.29 Å². The zero-order valence-corrected chi connectivity index (χ0v) is 27.4. The lowest BCUT2D eigenvalue weighted by molar-refractivity contribution is -0.206. The maximum atomic E-state index is 12.7. The molecule has 0 aromatic heterocycles. The summed E-state index contributed by atoms with van der Waals surface area (Å²) in [5.74, 6) is 1.36. The molecule has 2 aromatic carbocycles. The molecule has 0 saturated carbocycles. The Bertz CT molecular complexity index is 1010. The first kappa shape index (κ1) is 35.8. The van der Waals surface area contributed by atoms with Crippen molar-refractivity contribution in [2.45, 2.75) is 129 Å². The lowest BCUT2D eigenvalue weighted by Crippen LogP contribution is -2.27. The molecule has 3 rings (SSSR count). The monoisotopic (exact) mass is 606 g/mol. The maximum absolute atomic E-state index is 12.7. The van der Waals surface area contributed by atoms with Crippen molar-refractivity contribution >= 4 is 5.97 Å². The number of esters is 1. The number of allylic oxidation sites excluding steroid dienone is 1. The molecule has 44 heavy (non-hydrogen) atoms. The molecule has 2 aromatic rings. The number of ether oxygens (including phenoxy) is 4. The van der Waals surface area contributed by atoms with Crippen LogP contribution in [0.2, 0.25) is 0 Å². The van der Waals surface area contributed by atoms with Crippen LogP contribution in [0.4, 0.5) is 0 Å². The second-order valence-electron chi connectivity index (χ2n) is 12.4. The van der Waals surface area contributed by atoms with Crippen molar-refractivity contribution < 1.29 is 23.7 Å². The van der Waals surface area contributed by atoms with Crippen molar-refractivity contribution in [1.29, 1.82) is 0 Å². The average molecular weight is 607 g/mol. The molecule has 0 unspecified atom stereocenters. The molecule has 1 aliphatic heterocycles. The summed E-state index contributed by atoms with van der Waals surface area (Å²) < 4.78 is 23.5. The average Bonchev–Trinajstić information content (AvgIpc) is 3.06. The first-order chi connectivity index (χ1) is 21.7. The third-order valence-electron chi connectivity index (χ3n) is 8.46. The van der Waals surface area contributed by atoms with E-state index in [0.29, 0.717) is 23.8 Å². The van der Waals surface area contributed by atoms with Crippen LogP contribution in [0.1, 0.15) is 145 Å². The Balaban J connectivity index is 1.25. The van der Waals surface area contributed by atoms with Crippen molar-refractivity contribution in [2.75, 3.05) is 19.8 Å². The topological polar surface area (TPSA) is 54.0 Å². The van der Waals surface area contributed by atoms with Crippen LogP contribution < -0.4 is 9.47 Å². The molecule has 5 nitrogen and oxygen atoms in total. The first-order valence-corrected chi connectivity index (χ1v) is 17.6. The Morgan fingerprint density at radius 3 is 1.89 bits per heavy atom. The molecule has 1 aliphatic rings. The minimum atomic E-state index is -0.386. The van der Waals surface area contributed by atoms with Gasteiger partial charge < -0.3 is 18.9 Å². The smallest absolute Gasteiger partial charge is 0.343 e. The van der Waals surface area contributed by atoms with E-state index in [1.165, 1.54) is 103 Å². The summed E-state index contributed by atoms with van der Waals surface area (Å²) in [5, 5.41) is 0. The Kier molecular flexibility index (Phi) is 18.6. The fraction of sp³-hybridized carbons (Fsp3) is 0.615. The molecule has 0 aliphatic carbocycles. The molecular weight excluding hydrogens is 548 g/mol. The van der Waals surface area contributed by atoms with Gasteiger partial charge in [-0.25, -0.2) is 4.79 Å². The van der Waals surface area contributed by atoms with E-state index in [0.717, 1.165) is 37.4 Å². The molecule has 0 atom stereocenters. The number of rotatable bonds is 24. The highest BCUT2D eigenvalue weighted by Gasteiger charge is 2.23. The Morgan fingerprint density at radius 1 is 0.727 bits per heavy atom. The maximum Gasteiger partial charge on any atom is 0.343 e. The SMILES string of the molecule is C=CCCCCCCCCCCOc1ccc(C(=O)Oc2ccc([C@H]3OC[C@H](CCCCCCCCCC)CO3)cc2)cc1. The number of benzene rings is 2. The van der Waals surface area contributed by atoms with E-state index in [1.807, 2.05) is 30.3 Å².